The monoisotopic (exact) mass is 325 g/mol. The van der Waals surface area contributed by atoms with E-state index in [2.05, 4.69) is 15.0 Å². The molecule has 0 radical (unpaired) electrons. The Bertz CT molecular complexity index is 705. The Hall–Kier alpha value is -1.47. The average Bonchev–Trinajstić information content (AvgIpc) is 2.48. The molecule has 0 fully saturated rings. The van der Waals surface area contributed by atoms with E-state index in [4.69, 9.17) is 11.6 Å². The first-order valence-electron chi connectivity index (χ1n) is 6.35. The highest BCUT2D eigenvalue weighted by Crippen LogP contribution is 2.22. The van der Waals surface area contributed by atoms with Crippen LogP contribution in [0.3, 0.4) is 0 Å². The van der Waals surface area contributed by atoms with Crippen molar-refractivity contribution in [3.63, 3.8) is 0 Å². The second-order valence-corrected chi connectivity index (χ2v) is 6.58. The van der Waals surface area contributed by atoms with Crippen molar-refractivity contribution in [3.8, 4) is 0 Å². The summed E-state index contributed by atoms with van der Waals surface area (Å²) in [6, 6.07) is 10.3. The molecule has 2 N–H and O–H groups in total. The number of nitrogens with zero attached hydrogens (tertiary/aromatic N) is 1. The number of aromatic nitrogens is 1. The van der Waals surface area contributed by atoms with Gasteiger partial charge in [-0.15, -0.1) is 0 Å². The molecule has 0 aliphatic carbocycles. The Morgan fingerprint density at radius 2 is 2.00 bits per heavy atom. The fourth-order valence-electron chi connectivity index (χ4n) is 1.82. The molecule has 0 bridgehead atoms. The first kappa shape index (κ1) is 15.9. The van der Waals surface area contributed by atoms with Crippen LogP contribution >= 0.6 is 11.6 Å². The van der Waals surface area contributed by atoms with Gasteiger partial charge in [-0.25, -0.2) is 13.1 Å². The third kappa shape index (κ3) is 4.25. The molecule has 21 heavy (non-hydrogen) atoms. The number of benzene rings is 1. The van der Waals surface area contributed by atoms with E-state index in [1.807, 2.05) is 0 Å². The predicted molar refractivity (Wildman–Crippen MR) is 82.5 cm³/mol. The highest BCUT2D eigenvalue weighted by molar-refractivity contribution is 7.89. The Labute approximate surface area is 129 Å². The summed E-state index contributed by atoms with van der Waals surface area (Å²) >= 11 is 6.01. The van der Waals surface area contributed by atoms with Gasteiger partial charge in [-0.05, 0) is 36.9 Å². The zero-order valence-corrected chi connectivity index (χ0v) is 13.1. The summed E-state index contributed by atoms with van der Waals surface area (Å²) in [5, 5.41) is 3.17. The van der Waals surface area contributed by atoms with Crippen molar-refractivity contribution >= 4 is 21.6 Å². The van der Waals surface area contributed by atoms with E-state index >= 15 is 0 Å². The van der Waals surface area contributed by atoms with E-state index in [0.717, 1.165) is 5.56 Å². The summed E-state index contributed by atoms with van der Waals surface area (Å²) in [5.74, 6) is 0. The maximum absolute atomic E-state index is 12.3. The molecule has 5 nitrogen and oxygen atoms in total. The van der Waals surface area contributed by atoms with Gasteiger partial charge in [-0.2, -0.15) is 0 Å². The second-order valence-electron chi connectivity index (χ2n) is 4.44. The summed E-state index contributed by atoms with van der Waals surface area (Å²) in [6.07, 6.45) is 1.62. The molecular weight excluding hydrogens is 310 g/mol. The van der Waals surface area contributed by atoms with Gasteiger partial charge in [0.15, 0.2) is 0 Å². The molecule has 1 aromatic carbocycles. The first-order chi connectivity index (χ1) is 10.0. The quantitative estimate of drug-likeness (QED) is 0.851. The van der Waals surface area contributed by atoms with Crippen LogP contribution in [0, 0.1) is 0 Å². The van der Waals surface area contributed by atoms with Crippen LogP contribution in [0.1, 0.15) is 11.3 Å². The van der Waals surface area contributed by atoms with E-state index in [1.165, 1.54) is 0 Å². The molecule has 0 atom stereocenters. The summed E-state index contributed by atoms with van der Waals surface area (Å²) < 4.78 is 27.2. The lowest BCUT2D eigenvalue weighted by Gasteiger charge is -2.10. The van der Waals surface area contributed by atoms with Crippen molar-refractivity contribution in [2.75, 3.05) is 7.05 Å². The molecular formula is C14H16ClN3O2S. The number of nitrogens with one attached hydrogen (secondary N) is 2. The summed E-state index contributed by atoms with van der Waals surface area (Å²) in [6.45, 7) is 0.690. The number of hydrogen-bond acceptors (Lipinski definition) is 4. The minimum absolute atomic E-state index is 0.0767. The van der Waals surface area contributed by atoms with E-state index < -0.39 is 10.0 Å². The normalized spacial score (nSPS) is 11.5. The Morgan fingerprint density at radius 3 is 2.67 bits per heavy atom. The Morgan fingerprint density at radius 1 is 1.19 bits per heavy atom. The van der Waals surface area contributed by atoms with Gasteiger partial charge in [0.05, 0.1) is 17.3 Å². The van der Waals surface area contributed by atoms with Crippen molar-refractivity contribution in [1.29, 1.82) is 0 Å². The van der Waals surface area contributed by atoms with Crippen molar-refractivity contribution in [2.45, 2.75) is 18.0 Å². The maximum Gasteiger partial charge on any atom is 0.242 e. The van der Waals surface area contributed by atoms with Gasteiger partial charge in [0.25, 0.3) is 0 Å². The number of pyridine rings is 1. The smallest absolute Gasteiger partial charge is 0.242 e. The largest absolute Gasteiger partial charge is 0.316 e. The molecule has 0 saturated carbocycles. The highest BCUT2D eigenvalue weighted by atomic mass is 35.5. The first-order valence-corrected chi connectivity index (χ1v) is 8.21. The van der Waals surface area contributed by atoms with E-state index in [-0.39, 0.29) is 16.5 Å². The fraction of sp³-hybridized carbons (Fsp3) is 0.214. The van der Waals surface area contributed by atoms with Crippen molar-refractivity contribution in [3.05, 3.63) is 58.9 Å². The minimum atomic E-state index is -3.68. The van der Waals surface area contributed by atoms with Gasteiger partial charge in [-0.1, -0.05) is 23.7 Å². The molecule has 1 heterocycles. The average molecular weight is 326 g/mol. The van der Waals surface area contributed by atoms with Gasteiger partial charge in [0.1, 0.15) is 4.90 Å². The zero-order chi connectivity index (χ0) is 15.3. The van der Waals surface area contributed by atoms with E-state index in [0.29, 0.717) is 12.2 Å². The Kier molecular flexibility index (Phi) is 5.30. The molecule has 112 valence electrons. The molecule has 0 saturated heterocycles. The molecule has 2 rings (SSSR count). The van der Waals surface area contributed by atoms with Gasteiger partial charge in [-0.3, -0.25) is 4.98 Å². The van der Waals surface area contributed by atoms with Crippen LogP contribution in [0.2, 0.25) is 5.02 Å². The number of rotatable bonds is 6. The third-order valence-corrected chi connectivity index (χ3v) is 4.72. The van der Waals surface area contributed by atoms with Crippen LogP contribution < -0.4 is 10.0 Å². The number of halogens is 1. The fourth-order valence-corrected chi connectivity index (χ4v) is 3.36. The lowest BCUT2D eigenvalue weighted by molar-refractivity contribution is 0.580. The predicted octanol–water partition coefficient (Wildman–Crippen LogP) is 1.93. The minimum Gasteiger partial charge on any atom is -0.316 e. The van der Waals surface area contributed by atoms with Crippen LogP contribution in [0.25, 0.3) is 0 Å². The SMILES string of the molecule is CNCc1ccc(Cl)c(S(=O)(=O)NCc2ccccn2)c1. The van der Waals surface area contributed by atoms with Crippen LogP contribution in [0.4, 0.5) is 0 Å². The molecule has 0 spiro atoms. The molecule has 1 aromatic heterocycles. The van der Waals surface area contributed by atoms with E-state index in [1.54, 1.807) is 49.6 Å². The highest BCUT2D eigenvalue weighted by Gasteiger charge is 2.18. The van der Waals surface area contributed by atoms with Crippen molar-refractivity contribution < 1.29 is 8.42 Å². The maximum atomic E-state index is 12.3. The topological polar surface area (TPSA) is 71.1 Å². The van der Waals surface area contributed by atoms with Crippen LogP contribution in [-0.4, -0.2) is 20.4 Å². The van der Waals surface area contributed by atoms with Gasteiger partial charge < -0.3 is 5.32 Å². The summed E-state index contributed by atoms with van der Waals surface area (Å²) in [4.78, 5) is 4.15. The number of hydrogen-bond donors (Lipinski definition) is 2. The molecule has 2 aromatic rings. The second kappa shape index (κ2) is 7.00. The molecule has 0 aliphatic rings. The van der Waals surface area contributed by atoms with Crippen LogP contribution in [0.5, 0.6) is 0 Å². The van der Waals surface area contributed by atoms with Gasteiger partial charge in [0, 0.05) is 12.7 Å². The van der Waals surface area contributed by atoms with Crippen LogP contribution in [0.15, 0.2) is 47.5 Å². The lowest BCUT2D eigenvalue weighted by atomic mass is 10.2. The van der Waals surface area contributed by atoms with Crippen LogP contribution in [-0.2, 0) is 23.1 Å². The molecule has 0 amide bonds. The molecule has 0 unspecified atom stereocenters. The summed E-state index contributed by atoms with van der Waals surface area (Å²) in [5.41, 5.74) is 1.49. The van der Waals surface area contributed by atoms with Crippen molar-refractivity contribution in [1.82, 2.24) is 15.0 Å². The third-order valence-electron chi connectivity index (χ3n) is 2.84. The zero-order valence-electron chi connectivity index (χ0n) is 11.5. The van der Waals surface area contributed by atoms with E-state index in [9.17, 15) is 8.42 Å². The standard InChI is InChI=1S/C14H16ClN3O2S/c1-16-9-11-5-6-13(15)14(8-11)21(19,20)18-10-12-4-2-3-7-17-12/h2-8,16,18H,9-10H2,1H3. The van der Waals surface area contributed by atoms with Crippen molar-refractivity contribution in [2.24, 2.45) is 0 Å². The summed E-state index contributed by atoms with van der Waals surface area (Å²) in [7, 11) is -1.89. The molecule has 7 heteroatoms. The van der Waals surface area contributed by atoms with Gasteiger partial charge in [0.2, 0.25) is 10.0 Å². The molecule has 0 aliphatic heterocycles. The van der Waals surface area contributed by atoms with Gasteiger partial charge >= 0.3 is 0 Å². The number of sulfonamides is 1. The lowest BCUT2D eigenvalue weighted by Crippen LogP contribution is -2.24. The Balaban J connectivity index is 2.21.